The second-order valence-electron chi connectivity index (χ2n) is 7.60. The first kappa shape index (κ1) is 17.2. The van der Waals surface area contributed by atoms with E-state index in [0.717, 1.165) is 6.42 Å². The van der Waals surface area contributed by atoms with Gasteiger partial charge in [0.05, 0.1) is 0 Å². The number of hydrogen-bond acceptors (Lipinski definition) is 0. The Labute approximate surface area is 147 Å². The maximum absolute atomic E-state index is 2.63. The minimum absolute atomic E-state index is 0.226. The maximum atomic E-state index is 2.63. The fraction of sp³-hybridized carbons (Fsp3) is 0.522. The second-order valence-corrected chi connectivity index (χ2v) is 7.60. The molecule has 0 N–H and O–H groups in total. The first-order chi connectivity index (χ1) is 11.6. The highest BCUT2D eigenvalue weighted by atomic mass is 15.1. The number of hydrogen-bond donors (Lipinski definition) is 0. The van der Waals surface area contributed by atoms with E-state index in [1.165, 1.54) is 53.8 Å². The van der Waals surface area contributed by atoms with Crippen molar-refractivity contribution in [2.24, 2.45) is 0 Å². The highest BCUT2D eigenvalue weighted by Crippen LogP contribution is 2.38. The molecule has 0 fully saturated rings. The average Bonchev–Trinajstić information content (AvgIpc) is 2.61. The summed E-state index contributed by atoms with van der Waals surface area (Å²) in [6, 6.07) is 14.0. The van der Waals surface area contributed by atoms with Gasteiger partial charge in [0.25, 0.3) is 0 Å². The molecule has 1 aliphatic rings. The van der Waals surface area contributed by atoms with Crippen LogP contribution in [0.25, 0.3) is 11.3 Å². The van der Waals surface area contributed by atoms with Crippen LogP contribution in [0.3, 0.4) is 0 Å². The van der Waals surface area contributed by atoms with Crippen LogP contribution in [-0.4, -0.2) is 0 Å². The largest absolute Gasteiger partial charge is 0.213 e. The van der Waals surface area contributed by atoms with Crippen LogP contribution >= 0.6 is 0 Å². The zero-order valence-corrected chi connectivity index (χ0v) is 16.0. The number of pyridine rings is 1. The monoisotopic (exact) mass is 322 g/mol. The summed E-state index contributed by atoms with van der Waals surface area (Å²) in [5.74, 6) is 0.641. The average molecular weight is 323 g/mol. The Morgan fingerprint density at radius 3 is 2.50 bits per heavy atom. The van der Waals surface area contributed by atoms with Crippen LogP contribution in [0.4, 0.5) is 0 Å². The summed E-state index contributed by atoms with van der Waals surface area (Å²) in [6.07, 6.45) is 6.02. The molecule has 1 aliphatic heterocycles. The Hall–Kier alpha value is -1.63. The van der Waals surface area contributed by atoms with Gasteiger partial charge in [-0.2, -0.15) is 4.57 Å². The van der Waals surface area contributed by atoms with Gasteiger partial charge in [-0.05, 0) is 35.6 Å². The molecule has 1 aromatic carbocycles. The molecule has 0 saturated carbocycles. The molecule has 2 aromatic rings. The van der Waals surface area contributed by atoms with Gasteiger partial charge in [-0.1, -0.05) is 46.2 Å². The summed E-state index contributed by atoms with van der Waals surface area (Å²) in [7, 11) is 0. The SMILES string of the molecule is CCCC(C)c1ccc2c(c1)-c1cccc(C)[n+]1C(CC)(CC)C2. The molecule has 1 atom stereocenters. The number of aryl methyl sites for hydroxylation is 1. The first-order valence-corrected chi connectivity index (χ1v) is 9.71. The van der Waals surface area contributed by atoms with E-state index in [2.05, 4.69) is 75.6 Å². The van der Waals surface area contributed by atoms with Crippen molar-refractivity contribution in [3.05, 3.63) is 53.2 Å². The van der Waals surface area contributed by atoms with E-state index in [1.54, 1.807) is 0 Å². The van der Waals surface area contributed by atoms with E-state index >= 15 is 0 Å². The Morgan fingerprint density at radius 2 is 1.83 bits per heavy atom. The molecule has 0 radical (unpaired) electrons. The molecule has 128 valence electrons. The van der Waals surface area contributed by atoms with E-state index in [-0.39, 0.29) is 5.54 Å². The van der Waals surface area contributed by atoms with Crippen LogP contribution in [-0.2, 0) is 12.0 Å². The molecule has 0 aliphatic carbocycles. The van der Waals surface area contributed by atoms with Crippen LogP contribution in [0.2, 0.25) is 0 Å². The van der Waals surface area contributed by atoms with E-state index < -0.39 is 0 Å². The third-order valence-electron chi connectivity index (χ3n) is 6.20. The molecule has 1 unspecified atom stereocenters. The standard InChI is InChI=1S/C23H32N/c1-6-10-17(4)19-13-14-20-16-23(7-2,8-3)24-18(5)11-9-12-22(24)21(20)15-19/h9,11-15,17H,6-8,10,16H2,1-5H3/q+1. The van der Waals surface area contributed by atoms with Gasteiger partial charge in [-0.25, -0.2) is 0 Å². The lowest BCUT2D eigenvalue weighted by Crippen LogP contribution is -2.61. The fourth-order valence-electron chi connectivity index (χ4n) is 4.60. The highest BCUT2D eigenvalue weighted by molar-refractivity contribution is 5.64. The number of benzene rings is 1. The van der Waals surface area contributed by atoms with Gasteiger partial charge in [0.1, 0.15) is 0 Å². The topological polar surface area (TPSA) is 3.88 Å². The van der Waals surface area contributed by atoms with Crippen molar-refractivity contribution in [1.82, 2.24) is 0 Å². The summed E-state index contributed by atoms with van der Waals surface area (Å²) in [6.45, 7) is 11.6. The van der Waals surface area contributed by atoms with Crippen molar-refractivity contribution >= 4 is 0 Å². The summed E-state index contributed by atoms with van der Waals surface area (Å²) in [5, 5.41) is 0. The van der Waals surface area contributed by atoms with E-state index in [0.29, 0.717) is 5.92 Å². The smallest absolute Gasteiger partial charge is 0.190 e. The summed E-state index contributed by atoms with van der Waals surface area (Å²) in [5.41, 5.74) is 7.49. The molecule has 0 amide bonds. The van der Waals surface area contributed by atoms with Crippen LogP contribution in [0.15, 0.2) is 36.4 Å². The molecule has 0 saturated heterocycles. The van der Waals surface area contributed by atoms with Gasteiger partial charge in [0.15, 0.2) is 11.2 Å². The van der Waals surface area contributed by atoms with Crippen molar-refractivity contribution in [2.75, 3.05) is 0 Å². The Morgan fingerprint density at radius 1 is 1.08 bits per heavy atom. The van der Waals surface area contributed by atoms with E-state index in [1.807, 2.05) is 0 Å². The summed E-state index contributed by atoms with van der Waals surface area (Å²) in [4.78, 5) is 0. The zero-order valence-electron chi connectivity index (χ0n) is 16.0. The lowest BCUT2D eigenvalue weighted by molar-refractivity contribution is -0.763. The van der Waals surface area contributed by atoms with Gasteiger partial charge in [0, 0.05) is 43.9 Å². The lowest BCUT2D eigenvalue weighted by atomic mass is 9.78. The van der Waals surface area contributed by atoms with Gasteiger partial charge >= 0.3 is 0 Å². The predicted octanol–water partition coefficient (Wildman–Crippen LogP) is 5.92. The van der Waals surface area contributed by atoms with Crippen molar-refractivity contribution in [1.29, 1.82) is 0 Å². The molecular weight excluding hydrogens is 290 g/mol. The first-order valence-electron chi connectivity index (χ1n) is 9.71. The van der Waals surface area contributed by atoms with Crippen molar-refractivity contribution in [2.45, 2.75) is 78.2 Å². The van der Waals surface area contributed by atoms with Crippen molar-refractivity contribution < 1.29 is 4.57 Å². The predicted molar refractivity (Wildman–Crippen MR) is 102 cm³/mol. The third kappa shape index (κ3) is 2.68. The molecule has 3 rings (SSSR count). The van der Waals surface area contributed by atoms with Crippen molar-refractivity contribution in [3.8, 4) is 11.3 Å². The molecule has 24 heavy (non-hydrogen) atoms. The summed E-state index contributed by atoms with van der Waals surface area (Å²) >= 11 is 0. The Bertz CT molecular complexity index is 725. The minimum Gasteiger partial charge on any atom is -0.190 e. The number of fused-ring (bicyclic) bond motifs is 3. The third-order valence-corrected chi connectivity index (χ3v) is 6.20. The van der Waals surface area contributed by atoms with Crippen LogP contribution in [0, 0.1) is 6.92 Å². The van der Waals surface area contributed by atoms with E-state index in [9.17, 15) is 0 Å². The number of nitrogens with zero attached hydrogens (tertiary/aromatic N) is 1. The summed E-state index contributed by atoms with van der Waals surface area (Å²) < 4.78 is 2.63. The molecular formula is C23H32N+. The molecule has 2 heterocycles. The molecule has 1 heteroatoms. The zero-order chi connectivity index (χ0) is 17.3. The lowest BCUT2D eigenvalue weighted by Gasteiger charge is -2.34. The van der Waals surface area contributed by atoms with Crippen LogP contribution < -0.4 is 4.57 Å². The Kier molecular flexibility index (Phi) is 4.80. The minimum atomic E-state index is 0.226. The number of aromatic nitrogens is 1. The van der Waals surface area contributed by atoms with Gasteiger partial charge in [-0.15, -0.1) is 0 Å². The van der Waals surface area contributed by atoms with Gasteiger partial charge < -0.3 is 0 Å². The maximum Gasteiger partial charge on any atom is 0.213 e. The van der Waals surface area contributed by atoms with E-state index in [4.69, 9.17) is 0 Å². The van der Waals surface area contributed by atoms with Crippen LogP contribution in [0.5, 0.6) is 0 Å². The van der Waals surface area contributed by atoms with Gasteiger partial charge in [0.2, 0.25) is 5.69 Å². The van der Waals surface area contributed by atoms with Crippen molar-refractivity contribution in [3.63, 3.8) is 0 Å². The second kappa shape index (κ2) is 6.70. The molecule has 0 spiro atoms. The Balaban J connectivity index is 2.19. The molecule has 0 bridgehead atoms. The normalized spacial score (nSPS) is 16.4. The fourth-order valence-corrected chi connectivity index (χ4v) is 4.60. The molecule has 1 aromatic heterocycles. The van der Waals surface area contributed by atoms with Crippen LogP contribution in [0.1, 0.15) is 76.1 Å². The quantitative estimate of drug-likeness (QED) is 0.601. The molecule has 1 nitrogen and oxygen atoms in total. The number of rotatable bonds is 5. The highest BCUT2D eigenvalue weighted by Gasteiger charge is 2.44. The van der Waals surface area contributed by atoms with Gasteiger partial charge in [-0.3, -0.25) is 0 Å².